The van der Waals surface area contributed by atoms with Crippen molar-refractivity contribution in [2.45, 2.75) is 40.3 Å². The molecule has 5 nitrogen and oxygen atoms in total. The zero-order valence-corrected chi connectivity index (χ0v) is 17.5. The second-order valence-corrected chi connectivity index (χ2v) is 5.59. The summed E-state index contributed by atoms with van der Waals surface area (Å²) in [7, 11) is 0. The largest absolute Gasteiger partial charge is 0.493 e. The van der Waals surface area contributed by atoms with Gasteiger partial charge in [0, 0.05) is 12.1 Å². The van der Waals surface area contributed by atoms with Crippen LogP contribution in [0.1, 0.15) is 37.2 Å². The number of hydrogen-bond acceptors (Lipinski definition) is 3. The molecule has 0 aliphatic rings. The van der Waals surface area contributed by atoms with Crippen LogP contribution in [0.2, 0.25) is 0 Å². The maximum atomic E-state index is 5.85. The Kier molecular flexibility index (Phi) is 10.1. The van der Waals surface area contributed by atoms with Crippen molar-refractivity contribution in [3.05, 3.63) is 53.5 Å². The summed E-state index contributed by atoms with van der Waals surface area (Å²) in [4.78, 5) is 4.65. The average molecular weight is 457 g/mol. The van der Waals surface area contributed by atoms with E-state index in [1.165, 1.54) is 5.56 Å². The van der Waals surface area contributed by atoms with E-state index in [1.54, 1.807) is 6.26 Å². The summed E-state index contributed by atoms with van der Waals surface area (Å²) in [6, 6.07) is 10.1. The summed E-state index contributed by atoms with van der Waals surface area (Å²) in [5.41, 5.74) is 2.28. The molecule has 0 saturated heterocycles. The summed E-state index contributed by atoms with van der Waals surface area (Å²) in [5.74, 6) is 2.56. The molecule has 2 rings (SSSR count). The van der Waals surface area contributed by atoms with Crippen molar-refractivity contribution >= 4 is 29.9 Å². The van der Waals surface area contributed by atoms with Crippen LogP contribution >= 0.6 is 24.0 Å². The van der Waals surface area contributed by atoms with Crippen LogP contribution in [0.5, 0.6) is 5.75 Å². The Morgan fingerprint density at radius 2 is 2.04 bits per heavy atom. The summed E-state index contributed by atoms with van der Waals surface area (Å²) in [5, 5.41) is 6.52. The van der Waals surface area contributed by atoms with E-state index in [9.17, 15) is 0 Å². The zero-order valence-electron chi connectivity index (χ0n) is 15.2. The van der Waals surface area contributed by atoms with Crippen molar-refractivity contribution in [2.75, 3.05) is 13.2 Å². The van der Waals surface area contributed by atoms with E-state index in [2.05, 4.69) is 47.7 Å². The van der Waals surface area contributed by atoms with Gasteiger partial charge in [-0.2, -0.15) is 0 Å². The number of aryl methyl sites for hydroxylation is 1. The first-order chi connectivity index (χ1) is 11.7. The molecule has 0 aliphatic heterocycles. The Hall–Kier alpha value is -1.70. The van der Waals surface area contributed by atoms with Gasteiger partial charge in [-0.1, -0.05) is 19.1 Å². The topological polar surface area (TPSA) is 58.8 Å². The van der Waals surface area contributed by atoms with Crippen LogP contribution in [0.3, 0.4) is 0 Å². The molecule has 138 valence electrons. The van der Waals surface area contributed by atoms with Gasteiger partial charge in [0.1, 0.15) is 11.5 Å². The van der Waals surface area contributed by atoms with Crippen LogP contribution in [-0.4, -0.2) is 19.1 Å². The number of furan rings is 1. The van der Waals surface area contributed by atoms with Gasteiger partial charge in [0.25, 0.3) is 0 Å². The molecule has 25 heavy (non-hydrogen) atoms. The molecule has 0 unspecified atom stereocenters. The molecular weight excluding hydrogens is 429 g/mol. The number of benzene rings is 1. The maximum absolute atomic E-state index is 5.85. The van der Waals surface area contributed by atoms with Gasteiger partial charge in [-0.3, -0.25) is 0 Å². The van der Waals surface area contributed by atoms with E-state index >= 15 is 0 Å². The van der Waals surface area contributed by atoms with Gasteiger partial charge < -0.3 is 19.8 Å². The minimum Gasteiger partial charge on any atom is -0.493 e. The van der Waals surface area contributed by atoms with Crippen molar-refractivity contribution < 1.29 is 9.15 Å². The van der Waals surface area contributed by atoms with E-state index in [-0.39, 0.29) is 24.0 Å². The molecule has 2 aromatic rings. The molecular formula is C19H28IN3O2. The predicted molar refractivity (Wildman–Crippen MR) is 113 cm³/mol. The van der Waals surface area contributed by atoms with E-state index in [4.69, 9.17) is 9.15 Å². The fraction of sp³-hybridized carbons (Fsp3) is 0.421. The third-order valence-corrected chi connectivity index (χ3v) is 3.45. The van der Waals surface area contributed by atoms with Gasteiger partial charge >= 0.3 is 0 Å². The zero-order chi connectivity index (χ0) is 17.2. The van der Waals surface area contributed by atoms with Crippen molar-refractivity contribution in [1.29, 1.82) is 0 Å². The van der Waals surface area contributed by atoms with Crippen LogP contribution < -0.4 is 15.4 Å². The van der Waals surface area contributed by atoms with E-state index < -0.39 is 0 Å². The molecule has 0 atom stereocenters. The first-order valence-electron chi connectivity index (χ1n) is 8.49. The van der Waals surface area contributed by atoms with Gasteiger partial charge in [-0.05, 0) is 44.0 Å². The Morgan fingerprint density at radius 3 is 2.72 bits per heavy atom. The average Bonchev–Trinajstić information content (AvgIpc) is 3.10. The molecule has 0 saturated carbocycles. The third kappa shape index (κ3) is 7.37. The van der Waals surface area contributed by atoms with Crippen molar-refractivity contribution in [1.82, 2.24) is 10.6 Å². The minimum absolute atomic E-state index is 0. The molecule has 0 amide bonds. The first-order valence-corrected chi connectivity index (χ1v) is 8.49. The standard InChI is InChI=1S/C19H27N3O2.HI/c1-4-10-24-18-12-15(3)8-9-16(18)13-21-19(20-5-2)22-14-17-7-6-11-23-17;/h6-9,11-12H,4-5,10,13-14H2,1-3H3,(H2,20,21,22);1H. The molecule has 0 aliphatic carbocycles. The summed E-state index contributed by atoms with van der Waals surface area (Å²) >= 11 is 0. The summed E-state index contributed by atoms with van der Waals surface area (Å²) in [6.45, 7) is 8.91. The van der Waals surface area contributed by atoms with Crippen LogP contribution in [0.15, 0.2) is 46.0 Å². The fourth-order valence-corrected chi connectivity index (χ4v) is 2.23. The SMILES string of the molecule is CCCOc1cc(C)ccc1CN=C(NCC)NCc1ccco1.I. The minimum atomic E-state index is 0. The number of rotatable bonds is 8. The number of ether oxygens (including phenoxy) is 1. The maximum Gasteiger partial charge on any atom is 0.191 e. The van der Waals surface area contributed by atoms with E-state index in [0.717, 1.165) is 42.6 Å². The lowest BCUT2D eigenvalue weighted by Crippen LogP contribution is -2.36. The molecule has 2 N–H and O–H groups in total. The molecule has 1 heterocycles. The number of aliphatic imine (C=N–C) groups is 1. The number of halogens is 1. The monoisotopic (exact) mass is 457 g/mol. The van der Waals surface area contributed by atoms with Crippen LogP contribution in [0.4, 0.5) is 0 Å². The predicted octanol–water partition coefficient (Wildman–Crippen LogP) is 4.25. The molecule has 1 aromatic heterocycles. The highest BCUT2D eigenvalue weighted by Gasteiger charge is 2.05. The van der Waals surface area contributed by atoms with Crippen molar-refractivity contribution in [2.24, 2.45) is 4.99 Å². The molecule has 0 bridgehead atoms. The molecule has 6 heteroatoms. The molecule has 0 fully saturated rings. The quantitative estimate of drug-likeness (QED) is 0.354. The van der Waals surface area contributed by atoms with Crippen LogP contribution in [0.25, 0.3) is 0 Å². The molecule has 1 aromatic carbocycles. The number of nitrogens with zero attached hydrogens (tertiary/aromatic N) is 1. The Bertz CT molecular complexity index is 642. The highest BCUT2D eigenvalue weighted by atomic mass is 127. The molecule has 0 spiro atoms. The van der Waals surface area contributed by atoms with Gasteiger partial charge in [-0.15, -0.1) is 24.0 Å². The van der Waals surface area contributed by atoms with Gasteiger partial charge in [0.05, 0.1) is 26.0 Å². The third-order valence-electron chi connectivity index (χ3n) is 3.45. The fourth-order valence-electron chi connectivity index (χ4n) is 2.23. The van der Waals surface area contributed by atoms with E-state index in [0.29, 0.717) is 13.1 Å². The number of nitrogens with one attached hydrogen (secondary N) is 2. The smallest absolute Gasteiger partial charge is 0.191 e. The van der Waals surface area contributed by atoms with Gasteiger partial charge in [0.2, 0.25) is 0 Å². The highest BCUT2D eigenvalue weighted by Crippen LogP contribution is 2.21. The van der Waals surface area contributed by atoms with Gasteiger partial charge in [-0.25, -0.2) is 4.99 Å². The summed E-state index contributed by atoms with van der Waals surface area (Å²) in [6.07, 6.45) is 2.66. The Balaban J connectivity index is 0.00000312. The molecule has 0 radical (unpaired) electrons. The number of hydrogen-bond donors (Lipinski definition) is 2. The highest BCUT2D eigenvalue weighted by molar-refractivity contribution is 14.0. The number of guanidine groups is 1. The van der Waals surface area contributed by atoms with Crippen LogP contribution in [0, 0.1) is 6.92 Å². The second-order valence-electron chi connectivity index (χ2n) is 5.59. The van der Waals surface area contributed by atoms with E-state index in [1.807, 2.05) is 19.1 Å². The normalized spacial score (nSPS) is 10.9. The summed E-state index contributed by atoms with van der Waals surface area (Å²) < 4.78 is 11.2. The lowest BCUT2D eigenvalue weighted by atomic mass is 10.1. The van der Waals surface area contributed by atoms with Crippen LogP contribution in [-0.2, 0) is 13.1 Å². The second kappa shape index (κ2) is 11.8. The lowest BCUT2D eigenvalue weighted by molar-refractivity contribution is 0.314. The van der Waals surface area contributed by atoms with Gasteiger partial charge in [0.15, 0.2) is 5.96 Å². The Labute approximate surface area is 167 Å². The van der Waals surface area contributed by atoms with Crippen molar-refractivity contribution in [3.63, 3.8) is 0 Å². The first kappa shape index (κ1) is 21.3. The Morgan fingerprint density at radius 1 is 1.20 bits per heavy atom. The van der Waals surface area contributed by atoms with Crippen molar-refractivity contribution in [3.8, 4) is 5.75 Å². The lowest BCUT2D eigenvalue weighted by Gasteiger charge is -2.13.